The topological polar surface area (TPSA) is 44.4 Å². The van der Waals surface area contributed by atoms with Crippen LogP contribution in [-0.2, 0) is 17.9 Å². The molecule has 1 aromatic carbocycles. The summed E-state index contributed by atoms with van der Waals surface area (Å²) >= 11 is 0. The van der Waals surface area contributed by atoms with Crippen molar-refractivity contribution in [1.29, 1.82) is 0 Å². The van der Waals surface area contributed by atoms with Crippen LogP contribution in [0.2, 0.25) is 0 Å². The zero-order valence-electron chi connectivity index (χ0n) is 14.6. The van der Waals surface area contributed by atoms with Crippen molar-refractivity contribution in [2.45, 2.75) is 51.2 Å². The Labute approximate surface area is 151 Å². The van der Waals surface area contributed by atoms with E-state index in [9.17, 15) is 4.79 Å². The van der Waals surface area contributed by atoms with Gasteiger partial charge in [0.1, 0.15) is 0 Å². The van der Waals surface area contributed by atoms with Gasteiger partial charge in [-0.2, -0.15) is 0 Å². The number of nitrogens with zero attached hydrogens (tertiary/aromatic N) is 1. The third-order valence-corrected chi connectivity index (χ3v) is 5.34. The number of hydrogen-bond acceptors (Lipinski definition) is 3. The van der Waals surface area contributed by atoms with Crippen molar-refractivity contribution in [3.05, 3.63) is 35.4 Å². The fourth-order valence-corrected chi connectivity index (χ4v) is 3.60. The molecule has 2 N–H and O–H groups in total. The summed E-state index contributed by atoms with van der Waals surface area (Å²) in [6.45, 7) is 3.25. The molecular weight excluding hydrogens is 322 g/mol. The number of carbonyl (C=O) groups is 1. The first-order valence-corrected chi connectivity index (χ1v) is 8.99. The quantitative estimate of drug-likeness (QED) is 0.828. The van der Waals surface area contributed by atoms with Crippen LogP contribution in [0.5, 0.6) is 0 Å². The normalized spacial score (nSPS) is 18.8. The Balaban J connectivity index is 0.00000208. The molecule has 1 aliphatic carbocycles. The lowest BCUT2D eigenvalue weighted by atomic mass is 9.94. The van der Waals surface area contributed by atoms with Gasteiger partial charge in [-0.1, -0.05) is 43.5 Å². The third-order valence-electron chi connectivity index (χ3n) is 5.34. The molecular formula is C19H30ClN3O. The van der Waals surface area contributed by atoms with Crippen molar-refractivity contribution in [1.82, 2.24) is 15.5 Å². The van der Waals surface area contributed by atoms with E-state index in [0.717, 1.165) is 19.6 Å². The second-order valence-corrected chi connectivity index (χ2v) is 7.05. The second-order valence-electron chi connectivity index (χ2n) is 7.05. The second kappa shape index (κ2) is 9.40. The molecule has 0 aromatic heterocycles. The molecule has 3 rings (SSSR count). The maximum absolute atomic E-state index is 12.0. The molecule has 5 heteroatoms. The van der Waals surface area contributed by atoms with Crippen LogP contribution in [0.4, 0.5) is 0 Å². The van der Waals surface area contributed by atoms with Crippen molar-refractivity contribution in [2.75, 3.05) is 20.1 Å². The molecule has 0 radical (unpaired) electrons. The minimum Gasteiger partial charge on any atom is -0.352 e. The zero-order valence-corrected chi connectivity index (χ0v) is 15.4. The lowest BCUT2D eigenvalue weighted by molar-refractivity contribution is -0.126. The standard InChI is InChI=1S/C19H29N3O.ClH/c1-22(18-9-3-2-4-10-18)14-16-8-6-5-7-15(16)13-21-19(23)17-11-20-12-17;/h5-8,17-18,20H,2-4,9-14H2,1H3,(H,21,23);1H. The van der Waals surface area contributed by atoms with Crippen molar-refractivity contribution in [3.8, 4) is 0 Å². The Morgan fingerprint density at radius 2 is 1.83 bits per heavy atom. The molecule has 1 saturated heterocycles. The fraction of sp³-hybridized carbons (Fsp3) is 0.632. The van der Waals surface area contributed by atoms with Crippen LogP contribution >= 0.6 is 12.4 Å². The summed E-state index contributed by atoms with van der Waals surface area (Å²) in [7, 11) is 2.24. The number of nitrogens with one attached hydrogen (secondary N) is 2. The molecule has 24 heavy (non-hydrogen) atoms. The van der Waals surface area contributed by atoms with Gasteiger partial charge in [0.05, 0.1) is 5.92 Å². The minimum atomic E-state index is 0. The van der Waals surface area contributed by atoms with Crippen LogP contribution < -0.4 is 10.6 Å². The van der Waals surface area contributed by atoms with Crippen LogP contribution in [0.25, 0.3) is 0 Å². The Kier molecular flexibility index (Phi) is 7.53. The fourth-order valence-electron chi connectivity index (χ4n) is 3.60. The molecule has 0 spiro atoms. The van der Waals surface area contributed by atoms with Gasteiger partial charge in [-0.3, -0.25) is 9.69 Å². The van der Waals surface area contributed by atoms with Gasteiger partial charge in [0, 0.05) is 32.2 Å². The van der Waals surface area contributed by atoms with E-state index in [1.54, 1.807) is 0 Å². The van der Waals surface area contributed by atoms with E-state index in [2.05, 4.69) is 46.8 Å². The molecule has 0 unspecified atom stereocenters. The summed E-state index contributed by atoms with van der Waals surface area (Å²) in [5, 5.41) is 6.24. The number of halogens is 1. The highest BCUT2D eigenvalue weighted by Gasteiger charge is 2.24. The van der Waals surface area contributed by atoms with Crippen LogP contribution in [0.15, 0.2) is 24.3 Å². The average molecular weight is 352 g/mol. The number of hydrogen-bond donors (Lipinski definition) is 2. The summed E-state index contributed by atoms with van der Waals surface area (Å²) in [5.74, 6) is 0.339. The molecule has 1 aliphatic heterocycles. The van der Waals surface area contributed by atoms with E-state index in [4.69, 9.17) is 0 Å². The van der Waals surface area contributed by atoms with Crippen LogP contribution in [0.1, 0.15) is 43.2 Å². The van der Waals surface area contributed by atoms with Gasteiger partial charge in [-0.25, -0.2) is 0 Å². The summed E-state index contributed by atoms with van der Waals surface area (Å²) in [6.07, 6.45) is 6.77. The predicted octanol–water partition coefficient (Wildman–Crippen LogP) is 2.71. The van der Waals surface area contributed by atoms with E-state index in [0.29, 0.717) is 12.6 Å². The van der Waals surface area contributed by atoms with Gasteiger partial charge in [-0.15, -0.1) is 12.4 Å². The highest BCUT2D eigenvalue weighted by atomic mass is 35.5. The van der Waals surface area contributed by atoms with Crippen molar-refractivity contribution in [3.63, 3.8) is 0 Å². The molecule has 1 aromatic rings. The monoisotopic (exact) mass is 351 g/mol. The first kappa shape index (κ1) is 19.2. The number of rotatable bonds is 6. The lowest BCUT2D eigenvalue weighted by Gasteiger charge is -2.31. The Hall–Kier alpha value is -1.10. The highest BCUT2D eigenvalue weighted by molar-refractivity contribution is 5.85. The van der Waals surface area contributed by atoms with Crippen molar-refractivity contribution in [2.24, 2.45) is 5.92 Å². The maximum Gasteiger partial charge on any atom is 0.225 e. The van der Waals surface area contributed by atoms with Gasteiger partial charge in [0.25, 0.3) is 0 Å². The van der Waals surface area contributed by atoms with Gasteiger partial charge in [0.15, 0.2) is 0 Å². The number of benzene rings is 1. The molecule has 4 nitrogen and oxygen atoms in total. The minimum absolute atomic E-state index is 0. The van der Waals surface area contributed by atoms with Crippen molar-refractivity contribution < 1.29 is 4.79 Å². The number of carbonyl (C=O) groups excluding carboxylic acids is 1. The smallest absolute Gasteiger partial charge is 0.225 e. The molecule has 0 atom stereocenters. The van der Waals surface area contributed by atoms with Crippen molar-refractivity contribution >= 4 is 18.3 Å². The van der Waals surface area contributed by atoms with E-state index < -0.39 is 0 Å². The Morgan fingerprint density at radius 1 is 1.17 bits per heavy atom. The van der Waals surface area contributed by atoms with Crippen LogP contribution in [-0.4, -0.2) is 37.0 Å². The van der Waals surface area contributed by atoms with Gasteiger partial charge < -0.3 is 10.6 Å². The average Bonchev–Trinajstić information content (AvgIpc) is 2.53. The third kappa shape index (κ3) is 4.95. The molecule has 1 saturated carbocycles. The maximum atomic E-state index is 12.0. The van der Waals surface area contributed by atoms with E-state index >= 15 is 0 Å². The summed E-state index contributed by atoms with van der Waals surface area (Å²) in [4.78, 5) is 14.5. The SMILES string of the molecule is CN(Cc1ccccc1CNC(=O)C1CNC1)C1CCCCC1.Cl. The van der Waals surface area contributed by atoms with Gasteiger partial charge in [-0.05, 0) is 31.0 Å². The summed E-state index contributed by atoms with van der Waals surface area (Å²) < 4.78 is 0. The highest BCUT2D eigenvalue weighted by Crippen LogP contribution is 2.23. The molecule has 0 bridgehead atoms. The van der Waals surface area contributed by atoms with E-state index in [1.807, 2.05) is 0 Å². The van der Waals surface area contributed by atoms with Crippen LogP contribution in [0.3, 0.4) is 0 Å². The number of amides is 1. The molecule has 2 fully saturated rings. The van der Waals surface area contributed by atoms with Gasteiger partial charge >= 0.3 is 0 Å². The predicted molar refractivity (Wildman–Crippen MR) is 100 cm³/mol. The zero-order chi connectivity index (χ0) is 16.1. The van der Waals surface area contributed by atoms with Gasteiger partial charge in [0.2, 0.25) is 5.91 Å². The summed E-state index contributed by atoms with van der Waals surface area (Å²) in [6, 6.07) is 9.23. The summed E-state index contributed by atoms with van der Waals surface area (Å²) in [5.41, 5.74) is 2.59. The molecule has 2 aliphatic rings. The molecule has 134 valence electrons. The lowest BCUT2D eigenvalue weighted by Crippen LogP contribution is -2.50. The van der Waals surface area contributed by atoms with Crippen LogP contribution in [0, 0.1) is 5.92 Å². The first-order valence-electron chi connectivity index (χ1n) is 8.99. The van der Waals surface area contributed by atoms with E-state index in [1.165, 1.54) is 43.2 Å². The van der Waals surface area contributed by atoms with E-state index in [-0.39, 0.29) is 24.2 Å². The molecule has 1 heterocycles. The molecule has 1 amide bonds. The Bertz CT molecular complexity index is 527. The largest absolute Gasteiger partial charge is 0.352 e. The first-order chi connectivity index (χ1) is 11.2. The Morgan fingerprint density at radius 3 is 2.46 bits per heavy atom.